The van der Waals surface area contributed by atoms with Crippen LogP contribution < -0.4 is 4.72 Å². The Kier molecular flexibility index (Phi) is 5.66. The number of ether oxygens (including phenoxy) is 1. The number of rotatable bonds is 6. The molecule has 0 fully saturated rings. The molecule has 0 saturated carbocycles. The van der Waals surface area contributed by atoms with Crippen molar-refractivity contribution in [2.45, 2.75) is 13.3 Å². The second-order valence-electron chi connectivity index (χ2n) is 2.74. The first-order valence-corrected chi connectivity index (χ1v) is 5.67. The molecule has 14 heavy (non-hydrogen) atoms. The Hall–Kier alpha value is -0.660. The van der Waals surface area contributed by atoms with Crippen LogP contribution in [0.15, 0.2) is 0 Å². The first-order chi connectivity index (χ1) is 6.40. The molecular formula is C7H16N2O4S. The number of esters is 1. The fourth-order valence-corrected chi connectivity index (χ4v) is 1.26. The van der Waals surface area contributed by atoms with Gasteiger partial charge in [0.1, 0.15) is 0 Å². The maximum absolute atomic E-state index is 11.1. The van der Waals surface area contributed by atoms with E-state index in [0.29, 0.717) is 6.61 Å². The molecule has 7 heteroatoms. The smallest absolute Gasteiger partial charge is 0.307 e. The summed E-state index contributed by atoms with van der Waals surface area (Å²) >= 11 is 0. The quantitative estimate of drug-likeness (QED) is 0.607. The van der Waals surface area contributed by atoms with Gasteiger partial charge in [-0.1, -0.05) is 0 Å². The second-order valence-corrected chi connectivity index (χ2v) is 4.71. The van der Waals surface area contributed by atoms with E-state index in [0.717, 1.165) is 4.31 Å². The van der Waals surface area contributed by atoms with Crippen LogP contribution in [0.2, 0.25) is 0 Å². The van der Waals surface area contributed by atoms with Crippen LogP contribution >= 0.6 is 0 Å². The normalized spacial score (nSPS) is 11.7. The molecule has 1 N–H and O–H groups in total. The third-order valence-electron chi connectivity index (χ3n) is 1.40. The van der Waals surface area contributed by atoms with Gasteiger partial charge in [0.2, 0.25) is 0 Å². The first kappa shape index (κ1) is 13.3. The van der Waals surface area contributed by atoms with Gasteiger partial charge in [0.15, 0.2) is 0 Å². The first-order valence-electron chi connectivity index (χ1n) is 4.23. The van der Waals surface area contributed by atoms with Crippen molar-refractivity contribution in [2.75, 3.05) is 27.2 Å². The van der Waals surface area contributed by atoms with Crippen LogP contribution in [0.3, 0.4) is 0 Å². The van der Waals surface area contributed by atoms with E-state index in [1.165, 1.54) is 14.1 Å². The van der Waals surface area contributed by atoms with Crippen molar-refractivity contribution < 1.29 is 17.9 Å². The molecule has 0 spiro atoms. The summed E-state index contributed by atoms with van der Waals surface area (Å²) in [6.07, 6.45) is 0.0426. The lowest BCUT2D eigenvalue weighted by molar-refractivity contribution is -0.142. The van der Waals surface area contributed by atoms with E-state index in [1.54, 1.807) is 6.92 Å². The van der Waals surface area contributed by atoms with Crippen molar-refractivity contribution in [3.63, 3.8) is 0 Å². The predicted octanol–water partition coefficient (Wildman–Crippen LogP) is -0.664. The molecule has 0 aliphatic heterocycles. The van der Waals surface area contributed by atoms with E-state index < -0.39 is 16.2 Å². The third kappa shape index (κ3) is 5.15. The lowest BCUT2D eigenvalue weighted by Gasteiger charge is -2.11. The lowest BCUT2D eigenvalue weighted by atomic mass is 10.4. The maximum atomic E-state index is 11.1. The van der Waals surface area contributed by atoms with Gasteiger partial charge in [-0.05, 0) is 6.92 Å². The molecule has 84 valence electrons. The highest BCUT2D eigenvalue weighted by Gasteiger charge is 2.12. The topological polar surface area (TPSA) is 75.7 Å². The van der Waals surface area contributed by atoms with E-state index in [9.17, 15) is 13.2 Å². The SMILES string of the molecule is CCOC(=O)CCNS(=O)(=O)N(C)C. The standard InChI is InChI=1S/C7H16N2O4S/c1-4-13-7(10)5-6-8-14(11,12)9(2)3/h8H,4-6H2,1-3H3. The van der Waals surface area contributed by atoms with Crippen molar-refractivity contribution in [3.8, 4) is 0 Å². The Morgan fingerprint density at radius 3 is 2.43 bits per heavy atom. The predicted molar refractivity (Wildman–Crippen MR) is 51.9 cm³/mol. The number of carbonyl (C=O) groups excluding carboxylic acids is 1. The minimum atomic E-state index is -3.43. The van der Waals surface area contributed by atoms with E-state index in [-0.39, 0.29) is 13.0 Å². The fraction of sp³-hybridized carbons (Fsp3) is 0.857. The van der Waals surface area contributed by atoms with Crippen molar-refractivity contribution in [3.05, 3.63) is 0 Å². The number of carbonyl (C=O) groups is 1. The summed E-state index contributed by atoms with van der Waals surface area (Å²) in [5, 5.41) is 0. The lowest BCUT2D eigenvalue weighted by Crippen LogP contribution is -2.36. The van der Waals surface area contributed by atoms with Crippen LogP contribution in [-0.2, 0) is 19.7 Å². The zero-order chi connectivity index (χ0) is 11.2. The largest absolute Gasteiger partial charge is 0.466 e. The van der Waals surface area contributed by atoms with Crippen molar-refractivity contribution in [2.24, 2.45) is 0 Å². The molecule has 0 rings (SSSR count). The van der Waals surface area contributed by atoms with E-state index >= 15 is 0 Å². The molecular weight excluding hydrogens is 208 g/mol. The van der Waals surface area contributed by atoms with E-state index in [1.807, 2.05) is 0 Å². The highest BCUT2D eigenvalue weighted by Crippen LogP contribution is 1.90. The van der Waals surface area contributed by atoms with Crippen LogP contribution in [0, 0.1) is 0 Å². The minimum Gasteiger partial charge on any atom is -0.466 e. The van der Waals surface area contributed by atoms with Gasteiger partial charge in [-0.25, -0.2) is 4.72 Å². The van der Waals surface area contributed by atoms with Crippen LogP contribution in [0.5, 0.6) is 0 Å². The van der Waals surface area contributed by atoms with Gasteiger partial charge in [-0.2, -0.15) is 12.7 Å². The van der Waals surface area contributed by atoms with Crippen molar-refractivity contribution >= 4 is 16.2 Å². The van der Waals surface area contributed by atoms with E-state index in [4.69, 9.17) is 0 Å². The van der Waals surface area contributed by atoms with Gasteiger partial charge in [-0.15, -0.1) is 0 Å². The average Bonchev–Trinajstić information content (AvgIpc) is 2.04. The van der Waals surface area contributed by atoms with Crippen LogP contribution in [0.25, 0.3) is 0 Å². The highest BCUT2D eigenvalue weighted by atomic mass is 32.2. The molecule has 0 aliphatic rings. The van der Waals surface area contributed by atoms with E-state index in [2.05, 4.69) is 9.46 Å². The summed E-state index contributed by atoms with van der Waals surface area (Å²) in [7, 11) is -0.614. The molecule has 0 bridgehead atoms. The maximum Gasteiger partial charge on any atom is 0.307 e. The molecule has 0 aromatic rings. The molecule has 0 unspecified atom stereocenters. The molecule has 0 aliphatic carbocycles. The van der Waals surface area contributed by atoms with Crippen molar-refractivity contribution in [1.29, 1.82) is 0 Å². The summed E-state index contributed by atoms with van der Waals surface area (Å²) in [6, 6.07) is 0. The summed E-state index contributed by atoms with van der Waals surface area (Å²) in [6.45, 7) is 2.06. The van der Waals surface area contributed by atoms with Gasteiger partial charge in [0.25, 0.3) is 10.2 Å². The number of nitrogens with one attached hydrogen (secondary N) is 1. The van der Waals surface area contributed by atoms with Gasteiger partial charge in [-0.3, -0.25) is 4.79 Å². The Morgan fingerprint density at radius 1 is 1.43 bits per heavy atom. The average molecular weight is 224 g/mol. The molecule has 0 saturated heterocycles. The Balaban J connectivity index is 3.80. The van der Waals surface area contributed by atoms with Crippen LogP contribution in [0.1, 0.15) is 13.3 Å². The number of hydrogen-bond donors (Lipinski definition) is 1. The number of nitrogens with zero attached hydrogens (tertiary/aromatic N) is 1. The van der Waals surface area contributed by atoms with Gasteiger partial charge in [0, 0.05) is 20.6 Å². The van der Waals surface area contributed by atoms with Crippen LogP contribution in [0.4, 0.5) is 0 Å². The molecule has 6 nitrogen and oxygen atoms in total. The summed E-state index contributed by atoms with van der Waals surface area (Å²) in [5.41, 5.74) is 0. The Labute approximate surface area is 84.4 Å². The van der Waals surface area contributed by atoms with Gasteiger partial charge in [0.05, 0.1) is 13.0 Å². The molecule has 0 aromatic carbocycles. The van der Waals surface area contributed by atoms with Crippen molar-refractivity contribution in [1.82, 2.24) is 9.03 Å². The zero-order valence-electron chi connectivity index (χ0n) is 8.61. The monoisotopic (exact) mass is 224 g/mol. The molecule has 0 atom stereocenters. The zero-order valence-corrected chi connectivity index (χ0v) is 9.43. The molecule has 0 heterocycles. The highest BCUT2D eigenvalue weighted by molar-refractivity contribution is 7.87. The summed E-state index contributed by atoms with van der Waals surface area (Å²) in [5.74, 6) is -0.408. The Morgan fingerprint density at radius 2 is 2.00 bits per heavy atom. The van der Waals surface area contributed by atoms with Gasteiger partial charge < -0.3 is 4.74 Å². The minimum absolute atomic E-state index is 0.0426. The fourth-order valence-electron chi connectivity index (χ4n) is 0.644. The summed E-state index contributed by atoms with van der Waals surface area (Å²) < 4.78 is 30.2. The van der Waals surface area contributed by atoms with Crippen LogP contribution in [-0.4, -0.2) is 45.9 Å². The molecule has 0 radical (unpaired) electrons. The third-order valence-corrected chi connectivity index (χ3v) is 2.93. The molecule has 0 amide bonds. The second kappa shape index (κ2) is 5.94. The molecule has 0 aromatic heterocycles. The number of hydrogen-bond acceptors (Lipinski definition) is 4. The van der Waals surface area contributed by atoms with Gasteiger partial charge >= 0.3 is 5.97 Å². The summed E-state index contributed by atoms with van der Waals surface area (Å²) in [4.78, 5) is 10.8. The Bertz CT molecular complexity index is 273.